The summed E-state index contributed by atoms with van der Waals surface area (Å²) in [7, 11) is 1.42. The van der Waals surface area contributed by atoms with Gasteiger partial charge in [0.1, 0.15) is 11.3 Å². The van der Waals surface area contributed by atoms with E-state index in [0.717, 1.165) is 35.0 Å². The zero-order valence-electron chi connectivity index (χ0n) is 16.1. The molecule has 0 heterocycles. The number of carbonyl (C=O) groups excluding carboxylic acids is 2. The molecule has 8 heteroatoms. The average molecular weight is 417 g/mol. The Labute approximate surface area is 170 Å². The Hall–Kier alpha value is -3.55. The van der Waals surface area contributed by atoms with Gasteiger partial charge in [0.15, 0.2) is 6.10 Å². The van der Waals surface area contributed by atoms with Crippen molar-refractivity contribution < 1.29 is 32.2 Å². The minimum absolute atomic E-state index is 0.152. The van der Waals surface area contributed by atoms with Gasteiger partial charge in [0.25, 0.3) is 5.91 Å². The number of fused-ring (bicyclic) bond motifs is 1. The van der Waals surface area contributed by atoms with Gasteiger partial charge in [0.05, 0.1) is 12.7 Å². The molecular weight excluding hydrogens is 399 g/mol. The Morgan fingerprint density at radius 1 is 0.967 bits per heavy atom. The van der Waals surface area contributed by atoms with Gasteiger partial charge in [-0.05, 0) is 54.1 Å². The third-order valence-corrected chi connectivity index (χ3v) is 4.42. The normalized spacial score (nSPS) is 12.3. The molecule has 1 N–H and O–H groups in total. The van der Waals surface area contributed by atoms with Gasteiger partial charge in [0.2, 0.25) is 0 Å². The van der Waals surface area contributed by atoms with Crippen LogP contribution in [0.25, 0.3) is 10.8 Å². The van der Waals surface area contributed by atoms with E-state index in [0.29, 0.717) is 5.75 Å². The zero-order chi connectivity index (χ0) is 21.9. The number of hydrogen-bond donors (Lipinski definition) is 1. The fraction of sp³-hybridized carbons (Fsp3) is 0.182. The van der Waals surface area contributed by atoms with Gasteiger partial charge in [-0.25, -0.2) is 4.79 Å². The highest BCUT2D eigenvalue weighted by molar-refractivity contribution is 6.01. The van der Waals surface area contributed by atoms with Gasteiger partial charge < -0.3 is 14.8 Å². The SMILES string of the molecule is COc1cc2ccccc2cc1C(=O)O[C@@H](C)C(=O)Nc1ccc(C(F)(F)F)cc1. The van der Waals surface area contributed by atoms with Crippen molar-refractivity contribution in [3.63, 3.8) is 0 Å². The van der Waals surface area contributed by atoms with Gasteiger partial charge in [0, 0.05) is 5.69 Å². The first-order chi connectivity index (χ1) is 14.2. The predicted octanol–water partition coefficient (Wildman–Crippen LogP) is 5.05. The molecule has 1 amide bonds. The number of methoxy groups -OCH3 is 1. The molecule has 0 saturated carbocycles. The van der Waals surface area contributed by atoms with E-state index in [2.05, 4.69) is 5.32 Å². The van der Waals surface area contributed by atoms with Crippen molar-refractivity contribution in [2.24, 2.45) is 0 Å². The molecule has 0 aromatic heterocycles. The van der Waals surface area contributed by atoms with Crippen molar-refractivity contribution in [2.45, 2.75) is 19.2 Å². The Bertz CT molecular complexity index is 1080. The van der Waals surface area contributed by atoms with E-state index >= 15 is 0 Å². The zero-order valence-corrected chi connectivity index (χ0v) is 16.1. The van der Waals surface area contributed by atoms with Crippen LogP contribution in [0, 0.1) is 0 Å². The fourth-order valence-electron chi connectivity index (χ4n) is 2.81. The molecule has 0 unspecified atom stereocenters. The predicted molar refractivity (Wildman–Crippen MR) is 105 cm³/mol. The van der Waals surface area contributed by atoms with Crippen LogP contribution in [-0.2, 0) is 15.7 Å². The maximum atomic E-state index is 12.6. The van der Waals surface area contributed by atoms with E-state index in [4.69, 9.17) is 9.47 Å². The Morgan fingerprint density at radius 3 is 2.13 bits per heavy atom. The van der Waals surface area contributed by atoms with Crippen LogP contribution >= 0.6 is 0 Å². The average Bonchev–Trinajstić information content (AvgIpc) is 2.72. The Morgan fingerprint density at radius 2 is 1.57 bits per heavy atom. The molecule has 3 aromatic carbocycles. The van der Waals surface area contributed by atoms with Crippen LogP contribution < -0.4 is 10.1 Å². The smallest absolute Gasteiger partial charge is 0.416 e. The van der Waals surface area contributed by atoms with E-state index in [-0.39, 0.29) is 11.3 Å². The van der Waals surface area contributed by atoms with E-state index in [1.54, 1.807) is 12.1 Å². The highest BCUT2D eigenvalue weighted by Gasteiger charge is 2.30. The number of ether oxygens (including phenoxy) is 2. The van der Waals surface area contributed by atoms with E-state index in [1.165, 1.54) is 14.0 Å². The molecule has 3 rings (SSSR count). The molecule has 156 valence electrons. The Kier molecular flexibility index (Phi) is 5.96. The van der Waals surface area contributed by atoms with Crippen LogP contribution in [0.5, 0.6) is 5.75 Å². The lowest BCUT2D eigenvalue weighted by atomic mass is 10.1. The van der Waals surface area contributed by atoms with Crippen molar-refractivity contribution >= 4 is 28.3 Å². The maximum absolute atomic E-state index is 12.6. The van der Waals surface area contributed by atoms with Gasteiger partial charge in [-0.1, -0.05) is 24.3 Å². The molecule has 0 saturated heterocycles. The highest BCUT2D eigenvalue weighted by Crippen LogP contribution is 2.30. The van der Waals surface area contributed by atoms with Crippen molar-refractivity contribution in [1.82, 2.24) is 0 Å². The molecule has 0 aliphatic rings. The fourth-order valence-corrected chi connectivity index (χ4v) is 2.81. The number of esters is 1. The lowest BCUT2D eigenvalue weighted by molar-refractivity contribution is -0.137. The lowest BCUT2D eigenvalue weighted by Crippen LogP contribution is -2.30. The number of anilines is 1. The first-order valence-corrected chi connectivity index (χ1v) is 8.95. The van der Waals surface area contributed by atoms with Gasteiger partial charge >= 0.3 is 12.1 Å². The number of carbonyl (C=O) groups is 2. The van der Waals surface area contributed by atoms with E-state index in [9.17, 15) is 22.8 Å². The minimum atomic E-state index is -4.47. The summed E-state index contributed by atoms with van der Waals surface area (Å²) in [6.07, 6.45) is -5.65. The highest BCUT2D eigenvalue weighted by atomic mass is 19.4. The first-order valence-electron chi connectivity index (χ1n) is 8.95. The summed E-state index contributed by atoms with van der Waals surface area (Å²) in [6, 6.07) is 14.6. The van der Waals surface area contributed by atoms with Crippen molar-refractivity contribution in [3.05, 3.63) is 71.8 Å². The molecular formula is C22H18F3NO4. The molecule has 0 spiro atoms. The van der Waals surface area contributed by atoms with Crippen LogP contribution in [0.1, 0.15) is 22.8 Å². The van der Waals surface area contributed by atoms with Crippen LogP contribution in [0.3, 0.4) is 0 Å². The van der Waals surface area contributed by atoms with Crippen molar-refractivity contribution in [2.75, 3.05) is 12.4 Å². The summed E-state index contributed by atoms with van der Waals surface area (Å²) >= 11 is 0. The third-order valence-electron chi connectivity index (χ3n) is 4.42. The van der Waals surface area contributed by atoms with E-state index in [1.807, 2.05) is 24.3 Å². The molecule has 30 heavy (non-hydrogen) atoms. The number of rotatable bonds is 5. The van der Waals surface area contributed by atoms with Crippen molar-refractivity contribution in [3.8, 4) is 5.75 Å². The lowest BCUT2D eigenvalue weighted by Gasteiger charge is -2.16. The summed E-state index contributed by atoms with van der Waals surface area (Å²) in [6.45, 7) is 1.37. The maximum Gasteiger partial charge on any atom is 0.416 e. The minimum Gasteiger partial charge on any atom is -0.496 e. The number of nitrogens with one attached hydrogen (secondary N) is 1. The second-order valence-corrected chi connectivity index (χ2v) is 6.51. The van der Waals surface area contributed by atoms with Crippen LogP contribution in [-0.4, -0.2) is 25.1 Å². The first kappa shape index (κ1) is 21.2. The molecule has 0 aliphatic heterocycles. The van der Waals surface area contributed by atoms with Gasteiger partial charge in [-0.15, -0.1) is 0 Å². The molecule has 0 aliphatic carbocycles. The summed E-state index contributed by atoms with van der Waals surface area (Å²) in [4.78, 5) is 24.9. The topological polar surface area (TPSA) is 64.6 Å². The molecule has 1 atom stereocenters. The number of amides is 1. The van der Waals surface area contributed by atoms with Gasteiger partial charge in [-0.3, -0.25) is 4.79 Å². The molecule has 0 radical (unpaired) electrons. The standard InChI is InChI=1S/C22H18F3NO4/c1-13(20(27)26-17-9-7-16(8-10-17)22(23,24)25)30-21(28)18-11-14-5-3-4-6-15(14)12-19(18)29-2/h3-13H,1-2H3,(H,26,27)/t13-/m0/s1. The number of hydrogen-bond acceptors (Lipinski definition) is 4. The van der Waals surface area contributed by atoms with Crippen LogP contribution in [0.4, 0.5) is 18.9 Å². The molecule has 5 nitrogen and oxygen atoms in total. The third kappa shape index (κ3) is 4.71. The van der Waals surface area contributed by atoms with E-state index < -0.39 is 29.7 Å². The van der Waals surface area contributed by atoms with Crippen molar-refractivity contribution in [1.29, 1.82) is 0 Å². The summed E-state index contributed by atoms with van der Waals surface area (Å²) < 4.78 is 48.3. The summed E-state index contributed by atoms with van der Waals surface area (Å²) in [5, 5.41) is 4.09. The second kappa shape index (κ2) is 8.44. The van der Waals surface area contributed by atoms with Crippen LogP contribution in [0.15, 0.2) is 60.7 Å². The molecule has 0 bridgehead atoms. The van der Waals surface area contributed by atoms with Crippen LogP contribution in [0.2, 0.25) is 0 Å². The largest absolute Gasteiger partial charge is 0.496 e. The number of alkyl halides is 3. The quantitative estimate of drug-likeness (QED) is 0.590. The monoisotopic (exact) mass is 417 g/mol. The number of halogens is 3. The number of benzene rings is 3. The summed E-state index contributed by atoms with van der Waals surface area (Å²) in [5.74, 6) is -1.13. The Balaban J connectivity index is 1.70. The second-order valence-electron chi connectivity index (χ2n) is 6.51. The molecule has 0 fully saturated rings. The molecule has 3 aromatic rings. The van der Waals surface area contributed by atoms with Gasteiger partial charge in [-0.2, -0.15) is 13.2 Å². The summed E-state index contributed by atoms with van der Waals surface area (Å²) in [5.41, 5.74) is -0.520.